The Hall–Kier alpha value is -3.44. The molecule has 5 heteroatoms. The molecule has 144 valence electrons. The molecule has 4 nitrogen and oxygen atoms in total. The van der Waals surface area contributed by atoms with E-state index in [1.807, 2.05) is 73.7 Å². The molecule has 1 aromatic heterocycles. The normalized spacial score (nSPS) is 10.5. The van der Waals surface area contributed by atoms with Crippen LogP contribution in [0.25, 0.3) is 10.4 Å². The first-order chi connectivity index (χ1) is 14.2. The van der Waals surface area contributed by atoms with Gasteiger partial charge in [0.1, 0.15) is 12.4 Å². The Labute approximate surface area is 173 Å². The Balaban J connectivity index is 1.35. The second-order valence-corrected chi connectivity index (χ2v) is 7.68. The second kappa shape index (κ2) is 8.71. The van der Waals surface area contributed by atoms with E-state index in [9.17, 15) is 4.79 Å². The molecule has 1 heterocycles. The number of carbonyl (C=O) groups excluding carboxylic acids is 1. The summed E-state index contributed by atoms with van der Waals surface area (Å²) in [5, 5.41) is 3.45. The van der Waals surface area contributed by atoms with Crippen LogP contribution < -0.4 is 10.1 Å². The fraction of sp³-hybridized carbons (Fsp3) is 0.0833. The summed E-state index contributed by atoms with van der Waals surface area (Å²) in [6.07, 6.45) is 1.78. The number of carbonyl (C=O) groups is 1. The minimum atomic E-state index is -0.176. The number of benzene rings is 3. The van der Waals surface area contributed by atoms with Gasteiger partial charge >= 0.3 is 0 Å². The van der Waals surface area contributed by atoms with Gasteiger partial charge in [0, 0.05) is 11.8 Å². The molecular weight excluding hydrogens is 380 g/mol. The van der Waals surface area contributed by atoms with Crippen molar-refractivity contribution in [1.29, 1.82) is 0 Å². The molecule has 0 aliphatic carbocycles. The van der Waals surface area contributed by atoms with E-state index in [1.165, 1.54) is 16.9 Å². The van der Waals surface area contributed by atoms with Gasteiger partial charge in [0.25, 0.3) is 5.91 Å². The molecule has 0 radical (unpaired) electrons. The number of ether oxygens (including phenoxy) is 1. The standard InChI is InChI=1S/C24H20N2O2S/c1-17-7-13-21(14-8-17)28-16-18-9-11-20(12-10-18)23(27)26-24-25-15-22(29-24)19-5-3-2-4-6-19/h2-15H,16H2,1H3,(H,25,26,27). The Morgan fingerprint density at radius 3 is 2.41 bits per heavy atom. The van der Waals surface area contributed by atoms with Crippen molar-refractivity contribution in [3.63, 3.8) is 0 Å². The van der Waals surface area contributed by atoms with Crippen molar-refractivity contribution in [2.45, 2.75) is 13.5 Å². The van der Waals surface area contributed by atoms with Gasteiger partial charge in [-0.2, -0.15) is 0 Å². The molecule has 4 aromatic rings. The molecule has 0 saturated heterocycles. The van der Waals surface area contributed by atoms with Crippen LogP contribution in [0, 0.1) is 6.92 Å². The van der Waals surface area contributed by atoms with E-state index in [1.54, 1.807) is 18.3 Å². The minimum absolute atomic E-state index is 0.176. The Kier molecular flexibility index (Phi) is 5.68. The fourth-order valence-electron chi connectivity index (χ4n) is 2.79. The number of hydrogen-bond donors (Lipinski definition) is 1. The number of aromatic nitrogens is 1. The molecular formula is C24H20N2O2S. The van der Waals surface area contributed by atoms with Gasteiger partial charge in [-0.25, -0.2) is 4.98 Å². The molecule has 1 N–H and O–H groups in total. The Morgan fingerprint density at radius 2 is 1.69 bits per heavy atom. The molecule has 0 spiro atoms. The fourth-order valence-corrected chi connectivity index (χ4v) is 3.61. The lowest BCUT2D eigenvalue weighted by molar-refractivity contribution is 0.102. The molecule has 4 rings (SSSR count). The summed E-state index contributed by atoms with van der Waals surface area (Å²) in [6, 6.07) is 25.3. The van der Waals surface area contributed by atoms with Crippen LogP contribution in [-0.4, -0.2) is 10.9 Å². The van der Waals surface area contributed by atoms with Crippen LogP contribution in [0.4, 0.5) is 5.13 Å². The number of nitrogens with zero attached hydrogens (tertiary/aromatic N) is 1. The molecule has 0 bridgehead atoms. The summed E-state index contributed by atoms with van der Waals surface area (Å²) in [5.74, 6) is 0.653. The van der Waals surface area contributed by atoms with Gasteiger partial charge in [0.2, 0.25) is 0 Å². The van der Waals surface area contributed by atoms with Crippen molar-refractivity contribution in [1.82, 2.24) is 4.98 Å². The Morgan fingerprint density at radius 1 is 0.966 bits per heavy atom. The minimum Gasteiger partial charge on any atom is -0.489 e. The zero-order chi connectivity index (χ0) is 20.1. The lowest BCUT2D eigenvalue weighted by atomic mass is 10.1. The largest absolute Gasteiger partial charge is 0.489 e. The maximum atomic E-state index is 12.5. The summed E-state index contributed by atoms with van der Waals surface area (Å²) < 4.78 is 5.78. The van der Waals surface area contributed by atoms with Crippen LogP contribution in [0.5, 0.6) is 5.75 Å². The van der Waals surface area contributed by atoms with Gasteiger partial charge in [-0.15, -0.1) is 0 Å². The van der Waals surface area contributed by atoms with Crippen molar-refractivity contribution in [2.75, 3.05) is 5.32 Å². The lowest BCUT2D eigenvalue weighted by Crippen LogP contribution is -2.11. The highest BCUT2D eigenvalue weighted by Crippen LogP contribution is 2.28. The topological polar surface area (TPSA) is 51.2 Å². The van der Waals surface area contributed by atoms with Crippen molar-refractivity contribution >= 4 is 22.4 Å². The third kappa shape index (κ3) is 4.89. The predicted molar refractivity (Wildman–Crippen MR) is 117 cm³/mol. The summed E-state index contributed by atoms with van der Waals surface area (Å²) in [7, 11) is 0. The maximum absolute atomic E-state index is 12.5. The van der Waals surface area contributed by atoms with Gasteiger partial charge < -0.3 is 4.74 Å². The van der Waals surface area contributed by atoms with Gasteiger partial charge in [-0.3, -0.25) is 10.1 Å². The highest BCUT2D eigenvalue weighted by molar-refractivity contribution is 7.19. The lowest BCUT2D eigenvalue weighted by Gasteiger charge is -2.07. The molecule has 0 atom stereocenters. The first kappa shape index (κ1) is 18.9. The summed E-state index contributed by atoms with van der Waals surface area (Å²) in [4.78, 5) is 17.8. The van der Waals surface area contributed by atoms with Crippen LogP contribution in [0.1, 0.15) is 21.5 Å². The third-order valence-corrected chi connectivity index (χ3v) is 5.39. The van der Waals surface area contributed by atoms with E-state index < -0.39 is 0 Å². The van der Waals surface area contributed by atoms with E-state index in [-0.39, 0.29) is 5.91 Å². The van der Waals surface area contributed by atoms with Crippen molar-refractivity contribution < 1.29 is 9.53 Å². The van der Waals surface area contributed by atoms with Crippen molar-refractivity contribution in [2.24, 2.45) is 0 Å². The predicted octanol–water partition coefficient (Wildman–Crippen LogP) is 5.95. The smallest absolute Gasteiger partial charge is 0.257 e. The number of nitrogens with one attached hydrogen (secondary N) is 1. The molecule has 0 aliphatic rings. The highest BCUT2D eigenvalue weighted by Gasteiger charge is 2.10. The van der Waals surface area contributed by atoms with E-state index in [2.05, 4.69) is 10.3 Å². The van der Waals surface area contributed by atoms with Crippen LogP contribution in [0.3, 0.4) is 0 Å². The summed E-state index contributed by atoms with van der Waals surface area (Å²) >= 11 is 1.46. The average Bonchev–Trinajstić information content (AvgIpc) is 3.23. The number of anilines is 1. The van der Waals surface area contributed by atoms with Gasteiger partial charge in [-0.05, 0) is 42.3 Å². The summed E-state index contributed by atoms with van der Waals surface area (Å²) in [5.41, 5.74) is 3.87. The zero-order valence-electron chi connectivity index (χ0n) is 16.0. The van der Waals surface area contributed by atoms with Gasteiger partial charge in [-0.1, -0.05) is 71.5 Å². The molecule has 1 amide bonds. The van der Waals surface area contributed by atoms with Crippen molar-refractivity contribution in [3.05, 3.63) is 102 Å². The van der Waals surface area contributed by atoms with E-state index >= 15 is 0 Å². The van der Waals surface area contributed by atoms with Crippen molar-refractivity contribution in [3.8, 4) is 16.2 Å². The first-order valence-corrected chi connectivity index (χ1v) is 10.1. The SMILES string of the molecule is Cc1ccc(OCc2ccc(C(=O)Nc3ncc(-c4ccccc4)s3)cc2)cc1. The highest BCUT2D eigenvalue weighted by atomic mass is 32.1. The number of thiazole rings is 1. The first-order valence-electron chi connectivity index (χ1n) is 9.28. The second-order valence-electron chi connectivity index (χ2n) is 6.65. The van der Waals surface area contributed by atoms with E-state index in [4.69, 9.17) is 4.74 Å². The zero-order valence-corrected chi connectivity index (χ0v) is 16.8. The summed E-state index contributed by atoms with van der Waals surface area (Å²) in [6.45, 7) is 2.50. The molecule has 0 fully saturated rings. The van der Waals surface area contributed by atoms with Gasteiger partial charge in [0.15, 0.2) is 5.13 Å². The quantitative estimate of drug-likeness (QED) is 0.435. The maximum Gasteiger partial charge on any atom is 0.257 e. The Bertz CT molecular complexity index is 1090. The number of hydrogen-bond acceptors (Lipinski definition) is 4. The number of rotatable bonds is 6. The number of amides is 1. The van der Waals surface area contributed by atoms with Crippen LogP contribution in [-0.2, 0) is 6.61 Å². The van der Waals surface area contributed by atoms with E-state index in [0.29, 0.717) is 17.3 Å². The third-order valence-electron chi connectivity index (χ3n) is 4.43. The average molecular weight is 401 g/mol. The molecule has 0 unspecified atom stereocenters. The number of aryl methyl sites for hydroxylation is 1. The van der Waals surface area contributed by atoms with Crippen LogP contribution >= 0.6 is 11.3 Å². The molecule has 29 heavy (non-hydrogen) atoms. The molecule has 3 aromatic carbocycles. The monoisotopic (exact) mass is 400 g/mol. The van der Waals surface area contributed by atoms with Gasteiger partial charge in [0.05, 0.1) is 4.88 Å². The van der Waals surface area contributed by atoms with Crippen LogP contribution in [0.15, 0.2) is 85.1 Å². The van der Waals surface area contributed by atoms with E-state index in [0.717, 1.165) is 21.8 Å². The molecule has 0 aliphatic heterocycles. The molecule has 0 saturated carbocycles. The van der Waals surface area contributed by atoms with Crippen LogP contribution in [0.2, 0.25) is 0 Å².